The maximum Gasteiger partial charge on any atom is 0.00385 e. The molecule has 0 N–H and O–H groups in total. The summed E-state index contributed by atoms with van der Waals surface area (Å²) in [6, 6.07) is 0.733. The van der Waals surface area contributed by atoms with Crippen LogP contribution in [0.5, 0.6) is 0 Å². The largest absolute Gasteiger partial charge is 0.306 e. The SMILES string of the molecule is CC(C)N1CCC(CC2=CCCN(C)CC2)CC1. The highest BCUT2D eigenvalue weighted by molar-refractivity contribution is 5.06. The Bertz CT molecular complexity index is 275. The average Bonchev–Trinajstić information content (AvgIpc) is 2.55. The van der Waals surface area contributed by atoms with Gasteiger partial charge in [0, 0.05) is 19.1 Å². The molecule has 2 nitrogen and oxygen atoms in total. The van der Waals surface area contributed by atoms with Gasteiger partial charge in [0.25, 0.3) is 0 Å². The Morgan fingerprint density at radius 3 is 2.56 bits per heavy atom. The molecule has 0 saturated carbocycles. The van der Waals surface area contributed by atoms with Gasteiger partial charge in [0.05, 0.1) is 0 Å². The fourth-order valence-electron chi connectivity index (χ4n) is 3.27. The summed E-state index contributed by atoms with van der Waals surface area (Å²) < 4.78 is 0. The van der Waals surface area contributed by atoms with Crippen LogP contribution in [0.15, 0.2) is 11.6 Å². The molecule has 1 fully saturated rings. The molecular weight excluding hydrogens is 220 g/mol. The van der Waals surface area contributed by atoms with Crippen LogP contribution in [0.2, 0.25) is 0 Å². The van der Waals surface area contributed by atoms with Crippen molar-refractivity contribution in [2.45, 2.75) is 52.0 Å². The Morgan fingerprint density at radius 2 is 1.89 bits per heavy atom. The molecule has 2 rings (SSSR count). The minimum atomic E-state index is 0.733. The Hall–Kier alpha value is -0.340. The van der Waals surface area contributed by atoms with E-state index in [4.69, 9.17) is 0 Å². The van der Waals surface area contributed by atoms with Crippen LogP contribution in [-0.2, 0) is 0 Å². The number of hydrogen-bond acceptors (Lipinski definition) is 2. The smallest absolute Gasteiger partial charge is 0.00385 e. The molecule has 0 unspecified atom stereocenters. The minimum Gasteiger partial charge on any atom is -0.306 e. The van der Waals surface area contributed by atoms with Gasteiger partial charge in [-0.25, -0.2) is 0 Å². The van der Waals surface area contributed by atoms with Crippen molar-refractivity contribution in [1.29, 1.82) is 0 Å². The lowest BCUT2D eigenvalue weighted by Crippen LogP contribution is -2.38. The quantitative estimate of drug-likeness (QED) is 0.710. The average molecular weight is 250 g/mol. The maximum atomic E-state index is 2.63. The van der Waals surface area contributed by atoms with Gasteiger partial charge < -0.3 is 9.80 Å². The van der Waals surface area contributed by atoms with Gasteiger partial charge in [-0.15, -0.1) is 0 Å². The zero-order valence-corrected chi connectivity index (χ0v) is 12.5. The molecule has 2 aliphatic heterocycles. The van der Waals surface area contributed by atoms with E-state index in [1.807, 2.05) is 0 Å². The Balaban J connectivity index is 1.76. The van der Waals surface area contributed by atoms with Crippen molar-refractivity contribution in [2.24, 2.45) is 5.92 Å². The van der Waals surface area contributed by atoms with Crippen LogP contribution in [0.3, 0.4) is 0 Å². The van der Waals surface area contributed by atoms with Crippen LogP contribution in [0.4, 0.5) is 0 Å². The monoisotopic (exact) mass is 250 g/mol. The first kappa shape index (κ1) is 14.1. The predicted octanol–water partition coefficient (Wildman–Crippen LogP) is 3.15. The number of rotatable bonds is 3. The van der Waals surface area contributed by atoms with Crippen molar-refractivity contribution in [2.75, 3.05) is 33.2 Å². The Kier molecular flexibility index (Phi) is 5.25. The van der Waals surface area contributed by atoms with Crippen LogP contribution in [0.25, 0.3) is 0 Å². The zero-order chi connectivity index (χ0) is 13.0. The summed E-state index contributed by atoms with van der Waals surface area (Å²) in [6.45, 7) is 9.78. The van der Waals surface area contributed by atoms with Gasteiger partial charge in [-0.2, -0.15) is 0 Å². The highest BCUT2D eigenvalue weighted by Gasteiger charge is 2.21. The molecule has 104 valence electrons. The van der Waals surface area contributed by atoms with E-state index in [2.05, 4.69) is 36.8 Å². The summed E-state index contributed by atoms with van der Waals surface area (Å²) in [6.07, 6.45) is 9.28. The zero-order valence-electron chi connectivity index (χ0n) is 12.5. The van der Waals surface area contributed by atoms with Gasteiger partial charge in [-0.1, -0.05) is 11.6 Å². The molecule has 18 heavy (non-hydrogen) atoms. The summed E-state index contributed by atoms with van der Waals surface area (Å²) in [7, 11) is 2.25. The highest BCUT2D eigenvalue weighted by Crippen LogP contribution is 2.27. The summed E-state index contributed by atoms with van der Waals surface area (Å²) in [5.74, 6) is 0.953. The summed E-state index contributed by atoms with van der Waals surface area (Å²) in [5, 5.41) is 0. The van der Waals surface area contributed by atoms with E-state index in [1.54, 1.807) is 5.57 Å². The number of likely N-dealkylation sites (tertiary alicyclic amines) is 1. The van der Waals surface area contributed by atoms with Crippen molar-refractivity contribution in [3.8, 4) is 0 Å². The molecule has 0 bridgehead atoms. The molecule has 2 heteroatoms. The van der Waals surface area contributed by atoms with E-state index in [0.29, 0.717) is 0 Å². The first-order valence-corrected chi connectivity index (χ1v) is 7.75. The lowest BCUT2D eigenvalue weighted by Gasteiger charge is -2.35. The van der Waals surface area contributed by atoms with E-state index in [0.717, 1.165) is 12.0 Å². The number of hydrogen-bond donors (Lipinski definition) is 0. The van der Waals surface area contributed by atoms with Gasteiger partial charge in [0.2, 0.25) is 0 Å². The second-order valence-corrected chi connectivity index (χ2v) is 6.48. The lowest BCUT2D eigenvalue weighted by atomic mass is 9.88. The van der Waals surface area contributed by atoms with Gasteiger partial charge in [-0.05, 0) is 72.0 Å². The molecule has 1 saturated heterocycles. The molecule has 0 aromatic rings. The van der Waals surface area contributed by atoms with Crippen LogP contribution < -0.4 is 0 Å². The number of piperidine rings is 1. The van der Waals surface area contributed by atoms with Crippen molar-refractivity contribution in [3.05, 3.63) is 11.6 Å². The molecule has 0 radical (unpaired) electrons. The second kappa shape index (κ2) is 6.72. The van der Waals surface area contributed by atoms with Crippen molar-refractivity contribution < 1.29 is 0 Å². The van der Waals surface area contributed by atoms with Gasteiger partial charge in [-0.3, -0.25) is 0 Å². The topological polar surface area (TPSA) is 6.48 Å². The summed E-state index contributed by atoms with van der Waals surface area (Å²) in [4.78, 5) is 5.09. The van der Waals surface area contributed by atoms with E-state index in [9.17, 15) is 0 Å². The fourth-order valence-corrected chi connectivity index (χ4v) is 3.27. The third-order valence-electron chi connectivity index (χ3n) is 4.69. The first-order chi connectivity index (χ1) is 8.65. The molecule has 0 spiro atoms. The van der Waals surface area contributed by atoms with Gasteiger partial charge in [0.1, 0.15) is 0 Å². The van der Waals surface area contributed by atoms with Crippen LogP contribution in [0, 0.1) is 5.92 Å². The molecule has 2 aliphatic rings. The predicted molar refractivity (Wildman–Crippen MR) is 78.9 cm³/mol. The van der Waals surface area contributed by atoms with Crippen LogP contribution in [-0.4, -0.2) is 49.1 Å². The third kappa shape index (κ3) is 4.10. The molecular formula is C16H30N2. The Morgan fingerprint density at radius 1 is 1.17 bits per heavy atom. The fraction of sp³-hybridized carbons (Fsp3) is 0.875. The van der Waals surface area contributed by atoms with Crippen molar-refractivity contribution in [1.82, 2.24) is 9.80 Å². The minimum absolute atomic E-state index is 0.733. The Labute approximate surface area is 113 Å². The third-order valence-corrected chi connectivity index (χ3v) is 4.69. The molecule has 0 aliphatic carbocycles. The molecule has 0 atom stereocenters. The molecule has 0 amide bonds. The molecule has 0 aromatic heterocycles. The second-order valence-electron chi connectivity index (χ2n) is 6.48. The van der Waals surface area contributed by atoms with Crippen molar-refractivity contribution in [3.63, 3.8) is 0 Å². The van der Waals surface area contributed by atoms with Gasteiger partial charge >= 0.3 is 0 Å². The van der Waals surface area contributed by atoms with Crippen molar-refractivity contribution >= 4 is 0 Å². The summed E-state index contributed by atoms with van der Waals surface area (Å²) >= 11 is 0. The molecule has 0 aromatic carbocycles. The highest BCUT2D eigenvalue weighted by atomic mass is 15.1. The van der Waals surface area contributed by atoms with Crippen LogP contribution >= 0.6 is 0 Å². The summed E-state index contributed by atoms with van der Waals surface area (Å²) in [5.41, 5.74) is 1.74. The first-order valence-electron chi connectivity index (χ1n) is 7.75. The van der Waals surface area contributed by atoms with E-state index < -0.39 is 0 Å². The molecule has 2 heterocycles. The van der Waals surface area contributed by atoms with E-state index in [1.165, 1.54) is 58.3 Å². The lowest BCUT2D eigenvalue weighted by molar-refractivity contribution is 0.149. The van der Waals surface area contributed by atoms with Crippen LogP contribution in [0.1, 0.15) is 46.0 Å². The van der Waals surface area contributed by atoms with E-state index >= 15 is 0 Å². The van der Waals surface area contributed by atoms with Gasteiger partial charge in [0.15, 0.2) is 0 Å². The maximum absolute atomic E-state index is 2.63. The number of nitrogens with zero attached hydrogens (tertiary/aromatic N) is 2. The normalized spacial score (nSPS) is 25.2. The van der Waals surface area contributed by atoms with E-state index in [-0.39, 0.29) is 0 Å². The standard InChI is InChI=1S/C16H30N2/c1-14(2)18-11-7-16(8-12-18)13-15-5-4-9-17(3)10-6-15/h5,14,16H,4,6-13H2,1-3H3.